The molecule has 2 N–H and O–H groups in total. The molecule has 7 heteroatoms. The van der Waals surface area contributed by atoms with Gasteiger partial charge in [-0.05, 0) is 40.9 Å². The van der Waals surface area contributed by atoms with Gasteiger partial charge in [0.15, 0.2) is 10.8 Å². The molecule has 3 rings (SSSR count). The van der Waals surface area contributed by atoms with E-state index in [-0.39, 0.29) is 0 Å². The summed E-state index contributed by atoms with van der Waals surface area (Å²) in [5.74, 6) is 0.972. The number of thiazole rings is 1. The van der Waals surface area contributed by atoms with Gasteiger partial charge in [-0.15, -0.1) is 21.5 Å². The number of rotatable bonds is 4. The van der Waals surface area contributed by atoms with Crippen LogP contribution in [0.15, 0.2) is 28.2 Å². The molecule has 0 fully saturated rings. The van der Waals surface area contributed by atoms with E-state index in [0.29, 0.717) is 5.13 Å². The van der Waals surface area contributed by atoms with Crippen LogP contribution in [0.2, 0.25) is 0 Å². The lowest BCUT2D eigenvalue weighted by Crippen LogP contribution is -1.97. The summed E-state index contributed by atoms with van der Waals surface area (Å²) in [6.07, 6.45) is 4.76. The first-order chi connectivity index (χ1) is 9.22. The minimum atomic E-state index is 0.631. The van der Waals surface area contributed by atoms with E-state index < -0.39 is 0 Å². The van der Waals surface area contributed by atoms with Crippen LogP contribution in [0.1, 0.15) is 17.9 Å². The molecular formula is C12H12BrN5S. The second kappa shape index (κ2) is 5.26. The number of hydrogen-bond donors (Lipinski definition) is 1. The molecule has 0 bridgehead atoms. The van der Waals surface area contributed by atoms with E-state index in [1.807, 2.05) is 28.1 Å². The molecular weight excluding hydrogens is 326 g/mol. The van der Waals surface area contributed by atoms with Crippen molar-refractivity contribution in [3.8, 4) is 0 Å². The number of nitrogens with zero attached hydrogens (tertiary/aromatic N) is 4. The van der Waals surface area contributed by atoms with Crippen molar-refractivity contribution in [2.24, 2.45) is 0 Å². The van der Waals surface area contributed by atoms with E-state index in [9.17, 15) is 0 Å². The molecule has 19 heavy (non-hydrogen) atoms. The molecule has 3 heterocycles. The Bertz CT molecular complexity index is 705. The second-order valence-electron chi connectivity index (χ2n) is 4.22. The number of aromatic nitrogens is 4. The number of nitrogen functional groups attached to an aromatic ring is 1. The summed E-state index contributed by atoms with van der Waals surface area (Å²) >= 11 is 4.94. The van der Waals surface area contributed by atoms with Gasteiger partial charge in [0.1, 0.15) is 5.82 Å². The molecule has 3 aromatic heterocycles. The van der Waals surface area contributed by atoms with Crippen LogP contribution in [0.4, 0.5) is 5.13 Å². The molecule has 5 nitrogen and oxygen atoms in total. The smallest absolute Gasteiger partial charge is 0.180 e. The fraction of sp³-hybridized carbons (Fsp3) is 0.250. The van der Waals surface area contributed by atoms with Crippen LogP contribution in [0.3, 0.4) is 0 Å². The molecule has 0 unspecified atom stereocenters. The Morgan fingerprint density at radius 2 is 2.16 bits per heavy atom. The summed E-state index contributed by atoms with van der Waals surface area (Å²) in [6, 6.07) is 3.91. The van der Waals surface area contributed by atoms with E-state index in [2.05, 4.69) is 31.1 Å². The fourth-order valence-electron chi connectivity index (χ4n) is 1.95. The molecule has 0 atom stereocenters. The fourth-order valence-corrected chi connectivity index (χ4v) is 2.88. The lowest BCUT2D eigenvalue weighted by atomic mass is 10.2. The van der Waals surface area contributed by atoms with Crippen LogP contribution in [0.25, 0.3) is 5.65 Å². The third-order valence-electron chi connectivity index (χ3n) is 2.84. The SMILES string of the molecule is Nc1nc(CCCc2nnc3ccc(Br)cn23)cs1. The Morgan fingerprint density at radius 1 is 1.26 bits per heavy atom. The number of halogens is 1. The number of hydrogen-bond acceptors (Lipinski definition) is 5. The van der Waals surface area contributed by atoms with E-state index >= 15 is 0 Å². The largest absolute Gasteiger partial charge is 0.375 e. The molecule has 98 valence electrons. The molecule has 0 radical (unpaired) electrons. The van der Waals surface area contributed by atoms with Crippen LogP contribution >= 0.6 is 27.3 Å². The van der Waals surface area contributed by atoms with Crippen LogP contribution in [-0.4, -0.2) is 19.6 Å². The van der Waals surface area contributed by atoms with Crippen LogP contribution in [-0.2, 0) is 12.8 Å². The average Bonchev–Trinajstić information content (AvgIpc) is 2.97. The zero-order valence-electron chi connectivity index (χ0n) is 10.1. The Balaban J connectivity index is 1.70. The molecule has 0 saturated heterocycles. The van der Waals surface area contributed by atoms with E-state index in [1.54, 1.807) is 0 Å². The minimum Gasteiger partial charge on any atom is -0.375 e. The number of fused-ring (bicyclic) bond motifs is 1. The molecule has 3 aromatic rings. The zero-order chi connectivity index (χ0) is 13.2. The summed E-state index contributed by atoms with van der Waals surface area (Å²) in [7, 11) is 0. The third kappa shape index (κ3) is 2.76. The zero-order valence-corrected chi connectivity index (χ0v) is 12.5. The second-order valence-corrected chi connectivity index (χ2v) is 6.03. The van der Waals surface area contributed by atoms with Crippen molar-refractivity contribution in [3.63, 3.8) is 0 Å². The summed E-state index contributed by atoms with van der Waals surface area (Å²) in [5, 5.41) is 11.0. The molecule has 0 saturated carbocycles. The van der Waals surface area contributed by atoms with Gasteiger partial charge < -0.3 is 5.73 Å². The normalized spacial score (nSPS) is 11.2. The van der Waals surface area contributed by atoms with Crippen molar-refractivity contribution < 1.29 is 0 Å². The summed E-state index contributed by atoms with van der Waals surface area (Å²) in [4.78, 5) is 4.25. The molecule has 0 spiro atoms. The highest BCUT2D eigenvalue weighted by molar-refractivity contribution is 9.10. The molecule has 0 aliphatic rings. The van der Waals surface area contributed by atoms with Crippen molar-refractivity contribution in [1.82, 2.24) is 19.6 Å². The minimum absolute atomic E-state index is 0.631. The quantitative estimate of drug-likeness (QED) is 0.794. The topological polar surface area (TPSA) is 69.1 Å². The van der Waals surface area contributed by atoms with E-state index in [1.165, 1.54) is 11.3 Å². The molecule has 0 aliphatic carbocycles. The van der Waals surface area contributed by atoms with Crippen molar-refractivity contribution in [3.05, 3.63) is 39.7 Å². The maximum absolute atomic E-state index is 5.61. The molecule has 0 aromatic carbocycles. The van der Waals surface area contributed by atoms with Gasteiger partial charge in [-0.3, -0.25) is 4.40 Å². The summed E-state index contributed by atoms with van der Waals surface area (Å²) in [6.45, 7) is 0. The van der Waals surface area contributed by atoms with Crippen molar-refractivity contribution in [2.45, 2.75) is 19.3 Å². The maximum Gasteiger partial charge on any atom is 0.180 e. The van der Waals surface area contributed by atoms with Gasteiger partial charge in [0.2, 0.25) is 0 Å². The van der Waals surface area contributed by atoms with E-state index in [4.69, 9.17) is 5.73 Å². The number of anilines is 1. The van der Waals surface area contributed by atoms with Crippen LogP contribution in [0.5, 0.6) is 0 Å². The monoisotopic (exact) mass is 337 g/mol. The summed E-state index contributed by atoms with van der Waals surface area (Å²) < 4.78 is 3.03. The molecule has 0 aliphatic heterocycles. The standard InChI is InChI=1S/C12H12BrN5S/c13-8-4-5-11-17-16-10(18(11)6-8)3-1-2-9-7-19-12(14)15-9/h4-7H,1-3H2,(H2,14,15). The van der Waals surface area contributed by atoms with Crippen LogP contribution < -0.4 is 5.73 Å². The highest BCUT2D eigenvalue weighted by Gasteiger charge is 2.06. The Morgan fingerprint density at radius 3 is 2.95 bits per heavy atom. The molecule has 0 amide bonds. The van der Waals surface area contributed by atoms with Gasteiger partial charge in [-0.25, -0.2) is 4.98 Å². The number of aryl methyl sites for hydroxylation is 2. The van der Waals surface area contributed by atoms with Gasteiger partial charge in [0.25, 0.3) is 0 Å². The predicted octanol–water partition coefficient (Wildman–Crippen LogP) is 2.71. The Hall–Kier alpha value is -1.47. The summed E-state index contributed by atoms with van der Waals surface area (Å²) in [5.41, 5.74) is 7.54. The van der Waals surface area contributed by atoms with Crippen molar-refractivity contribution in [1.29, 1.82) is 0 Å². The lowest BCUT2D eigenvalue weighted by Gasteiger charge is -2.00. The van der Waals surface area contributed by atoms with Gasteiger partial charge in [0, 0.05) is 22.5 Å². The first-order valence-electron chi connectivity index (χ1n) is 5.91. The predicted molar refractivity (Wildman–Crippen MR) is 79.2 cm³/mol. The third-order valence-corrected chi connectivity index (χ3v) is 4.03. The Kier molecular flexibility index (Phi) is 3.48. The highest BCUT2D eigenvalue weighted by Crippen LogP contribution is 2.15. The van der Waals surface area contributed by atoms with Gasteiger partial charge >= 0.3 is 0 Å². The first-order valence-corrected chi connectivity index (χ1v) is 7.59. The Labute approximate surface area is 122 Å². The van der Waals surface area contributed by atoms with Crippen LogP contribution in [0, 0.1) is 0 Å². The van der Waals surface area contributed by atoms with Gasteiger partial charge in [-0.1, -0.05) is 0 Å². The number of pyridine rings is 1. The first kappa shape index (κ1) is 12.6. The van der Waals surface area contributed by atoms with E-state index in [0.717, 1.165) is 40.9 Å². The highest BCUT2D eigenvalue weighted by atomic mass is 79.9. The average molecular weight is 338 g/mol. The maximum atomic E-state index is 5.61. The van der Waals surface area contributed by atoms with Crippen molar-refractivity contribution in [2.75, 3.05) is 5.73 Å². The van der Waals surface area contributed by atoms with Gasteiger partial charge in [0.05, 0.1) is 5.69 Å². The van der Waals surface area contributed by atoms with Crippen molar-refractivity contribution >= 4 is 38.0 Å². The lowest BCUT2D eigenvalue weighted by molar-refractivity contribution is 0.751. The van der Waals surface area contributed by atoms with Gasteiger partial charge in [-0.2, -0.15) is 0 Å². The number of nitrogens with two attached hydrogens (primary N) is 1.